The number of hydrogen-bond donors (Lipinski definition) is 2. The second kappa shape index (κ2) is 7.59. The van der Waals surface area contributed by atoms with Crippen molar-refractivity contribution in [3.8, 4) is 5.75 Å². The van der Waals surface area contributed by atoms with E-state index in [0.717, 1.165) is 11.3 Å². The number of ether oxygens (including phenoxy) is 1. The van der Waals surface area contributed by atoms with Gasteiger partial charge in [-0.25, -0.2) is 14.8 Å². The highest BCUT2D eigenvalue weighted by Crippen LogP contribution is 2.39. The van der Waals surface area contributed by atoms with Crippen LogP contribution in [0.2, 0.25) is 0 Å². The molecule has 0 radical (unpaired) electrons. The molecule has 0 fully saturated rings. The number of carbonyl (C=O) groups is 1. The highest BCUT2D eigenvalue weighted by molar-refractivity contribution is 6.21. The number of fused-ring (bicyclic) bond motifs is 1. The molecule has 0 unspecified atom stereocenters. The van der Waals surface area contributed by atoms with Crippen LogP contribution in [-0.2, 0) is 4.74 Å². The summed E-state index contributed by atoms with van der Waals surface area (Å²) in [7, 11) is 0. The second-order valence-electron chi connectivity index (χ2n) is 6.29. The number of carbonyl (C=O) groups excluding carboxylic acids is 1. The van der Waals surface area contributed by atoms with Crippen molar-refractivity contribution in [1.29, 1.82) is 0 Å². The highest BCUT2D eigenvalue weighted by atomic mass is 16.5. The molecular formula is C21H18N4O4. The summed E-state index contributed by atoms with van der Waals surface area (Å²) in [6.07, 6.45) is 6.49. The molecule has 1 aliphatic rings. The lowest BCUT2D eigenvalue weighted by molar-refractivity contribution is 0.0524. The third-order valence-electron chi connectivity index (χ3n) is 4.27. The topological polar surface area (TPSA) is 110 Å². The molecule has 29 heavy (non-hydrogen) atoms. The molecule has 1 aliphatic heterocycles. The van der Waals surface area contributed by atoms with E-state index in [2.05, 4.69) is 20.3 Å². The van der Waals surface area contributed by atoms with E-state index in [-0.39, 0.29) is 29.6 Å². The van der Waals surface area contributed by atoms with Crippen molar-refractivity contribution in [3.05, 3.63) is 59.2 Å². The largest absolute Gasteiger partial charge is 0.504 e. The molecule has 0 saturated carbocycles. The fourth-order valence-electron chi connectivity index (χ4n) is 2.87. The van der Waals surface area contributed by atoms with Crippen molar-refractivity contribution < 1.29 is 19.1 Å². The number of aryl methyl sites for hydroxylation is 1. The Morgan fingerprint density at radius 2 is 2.17 bits per heavy atom. The van der Waals surface area contributed by atoms with Crippen molar-refractivity contribution in [2.75, 3.05) is 11.9 Å². The lowest BCUT2D eigenvalue weighted by Crippen LogP contribution is -2.06. The number of aliphatic imine (C=N–C) groups is 1. The molecule has 0 atom stereocenters. The predicted molar refractivity (Wildman–Crippen MR) is 109 cm³/mol. The number of esters is 1. The monoisotopic (exact) mass is 390 g/mol. The molecule has 0 bridgehead atoms. The van der Waals surface area contributed by atoms with Gasteiger partial charge >= 0.3 is 5.97 Å². The van der Waals surface area contributed by atoms with E-state index >= 15 is 0 Å². The van der Waals surface area contributed by atoms with Gasteiger partial charge < -0.3 is 19.6 Å². The van der Waals surface area contributed by atoms with E-state index in [1.807, 2.05) is 19.1 Å². The lowest BCUT2D eigenvalue weighted by Gasteiger charge is -2.05. The summed E-state index contributed by atoms with van der Waals surface area (Å²) >= 11 is 0. The Kier molecular flexibility index (Phi) is 4.82. The first-order valence-electron chi connectivity index (χ1n) is 9.00. The van der Waals surface area contributed by atoms with Gasteiger partial charge in [0.25, 0.3) is 0 Å². The Bertz CT molecular complexity index is 1130. The number of furan rings is 1. The Balaban J connectivity index is 1.76. The first-order valence-corrected chi connectivity index (χ1v) is 9.00. The van der Waals surface area contributed by atoms with Crippen LogP contribution >= 0.6 is 0 Å². The molecule has 146 valence electrons. The van der Waals surface area contributed by atoms with Gasteiger partial charge in [-0.3, -0.25) is 4.98 Å². The maximum atomic E-state index is 12.4. The summed E-state index contributed by atoms with van der Waals surface area (Å²) in [5.41, 5.74) is 2.88. The van der Waals surface area contributed by atoms with Crippen LogP contribution in [0.5, 0.6) is 5.75 Å². The number of nitrogens with one attached hydrogen (secondary N) is 1. The number of rotatable bonds is 5. The maximum absolute atomic E-state index is 12.4. The van der Waals surface area contributed by atoms with Gasteiger partial charge in [-0.1, -0.05) is 0 Å². The molecule has 0 saturated heterocycles. The van der Waals surface area contributed by atoms with Crippen LogP contribution in [-0.4, -0.2) is 33.9 Å². The van der Waals surface area contributed by atoms with E-state index < -0.39 is 5.97 Å². The maximum Gasteiger partial charge on any atom is 0.347 e. The minimum absolute atomic E-state index is 0.0693. The molecule has 8 heteroatoms. The van der Waals surface area contributed by atoms with E-state index in [9.17, 15) is 9.90 Å². The Hall–Kier alpha value is -3.94. The van der Waals surface area contributed by atoms with Crippen molar-refractivity contribution in [2.24, 2.45) is 4.99 Å². The minimum Gasteiger partial charge on any atom is -0.504 e. The summed E-state index contributed by atoms with van der Waals surface area (Å²) in [6, 6.07) is 7.27. The first kappa shape index (κ1) is 18.4. The molecule has 0 aromatic carbocycles. The van der Waals surface area contributed by atoms with Crippen LogP contribution in [0.1, 0.15) is 34.3 Å². The fourth-order valence-corrected chi connectivity index (χ4v) is 2.87. The van der Waals surface area contributed by atoms with Gasteiger partial charge in [-0.05, 0) is 44.2 Å². The van der Waals surface area contributed by atoms with Crippen LogP contribution in [0.4, 0.5) is 17.4 Å². The molecular weight excluding hydrogens is 372 g/mol. The average molecular weight is 390 g/mol. The molecule has 3 aromatic heterocycles. The van der Waals surface area contributed by atoms with Gasteiger partial charge in [0.1, 0.15) is 0 Å². The van der Waals surface area contributed by atoms with Crippen LogP contribution in [0.3, 0.4) is 0 Å². The van der Waals surface area contributed by atoms with Gasteiger partial charge in [0.2, 0.25) is 5.88 Å². The molecule has 3 aromatic rings. The van der Waals surface area contributed by atoms with Gasteiger partial charge in [-0.2, -0.15) is 0 Å². The average Bonchev–Trinajstić information content (AvgIpc) is 3.25. The molecule has 0 amide bonds. The third-order valence-corrected chi connectivity index (χ3v) is 4.27. The summed E-state index contributed by atoms with van der Waals surface area (Å²) in [5.74, 6) is -0.250. The number of allylic oxidation sites excluding steroid dienone is 1. The third kappa shape index (κ3) is 3.60. The zero-order valence-electron chi connectivity index (χ0n) is 15.8. The number of aromatic nitrogens is 2. The Labute approximate surface area is 166 Å². The quantitative estimate of drug-likeness (QED) is 0.626. The molecule has 4 heterocycles. The molecule has 2 N–H and O–H groups in total. The van der Waals surface area contributed by atoms with E-state index in [4.69, 9.17) is 9.15 Å². The van der Waals surface area contributed by atoms with Crippen LogP contribution < -0.4 is 5.32 Å². The van der Waals surface area contributed by atoms with E-state index in [1.54, 1.807) is 43.7 Å². The number of hydrogen-bond acceptors (Lipinski definition) is 8. The fraction of sp³-hybridized carbons (Fsp3) is 0.143. The lowest BCUT2D eigenvalue weighted by atomic mass is 10.1. The number of pyridine rings is 2. The minimum atomic E-state index is -0.692. The van der Waals surface area contributed by atoms with Gasteiger partial charge in [0.15, 0.2) is 22.9 Å². The first-order chi connectivity index (χ1) is 14.1. The Morgan fingerprint density at radius 3 is 2.93 bits per heavy atom. The Morgan fingerprint density at radius 1 is 1.31 bits per heavy atom. The summed E-state index contributed by atoms with van der Waals surface area (Å²) in [6.45, 7) is 3.72. The summed E-state index contributed by atoms with van der Waals surface area (Å²) < 4.78 is 10.9. The van der Waals surface area contributed by atoms with Gasteiger partial charge in [0.05, 0.1) is 18.5 Å². The van der Waals surface area contributed by atoms with Gasteiger partial charge in [0, 0.05) is 29.2 Å². The second-order valence-corrected chi connectivity index (χ2v) is 6.29. The smallest absolute Gasteiger partial charge is 0.347 e. The van der Waals surface area contributed by atoms with E-state index in [0.29, 0.717) is 17.1 Å². The zero-order valence-corrected chi connectivity index (χ0v) is 15.8. The van der Waals surface area contributed by atoms with Crippen LogP contribution in [0.25, 0.3) is 11.6 Å². The highest BCUT2D eigenvalue weighted by Gasteiger charge is 2.27. The van der Waals surface area contributed by atoms with Crippen molar-refractivity contribution in [3.63, 3.8) is 0 Å². The molecule has 4 rings (SSSR count). The summed E-state index contributed by atoms with van der Waals surface area (Å²) in [5, 5.41) is 13.7. The van der Waals surface area contributed by atoms with Gasteiger partial charge in [-0.15, -0.1) is 0 Å². The van der Waals surface area contributed by atoms with Crippen LogP contribution in [0.15, 0.2) is 46.1 Å². The van der Waals surface area contributed by atoms with Crippen molar-refractivity contribution >= 4 is 41.2 Å². The molecule has 0 aliphatic carbocycles. The van der Waals surface area contributed by atoms with Crippen LogP contribution in [0, 0.1) is 6.92 Å². The number of aromatic hydroxyl groups is 1. The normalized spacial score (nSPS) is 13.5. The number of nitrogens with zero attached hydrogens (tertiary/aromatic N) is 3. The SMILES string of the molecule is CCOC(=O)c1c(Nc2ccc(C)nc2)oc(C=C2C=Nc3ncccc32)c1O. The standard InChI is InChI=1S/C21H18N4O4/c1-3-28-21(27)17-18(26)16(9-13-10-24-19-15(13)5-4-8-22-19)29-20(17)25-14-7-6-12(2)23-11-14/h4-11,25-26H,3H2,1-2H3. The molecule has 0 spiro atoms. The van der Waals surface area contributed by atoms with E-state index in [1.165, 1.54) is 0 Å². The predicted octanol–water partition coefficient (Wildman–Crippen LogP) is 4.26. The summed E-state index contributed by atoms with van der Waals surface area (Å²) in [4.78, 5) is 25.0. The number of anilines is 2. The zero-order chi connectivity index (χ0) is 20.4. The van der Waals surface area contributed by atoms with Crippen molar-refractivity contribution in [1.82, 2.24) is 9.97 Å². The van der Waals surface area contributed by atoms with Crippen molar-refractivity contribution in [2.45, 2.75) is 13.8 Å². The molecule has 8 nitrogen and oxygen atoms in total.